The van der Waals surface area contributed by atoms with E-state index in [1.54, 1.807) is 4.90 Å². The van der Waals surface area contributed by atoms with Crippen LogP contribution in [-0.4, -0.2) is 41.0 Å². The molecular weight excluding hydrogens is 220 g/mol. The summed E-state index contributed by atoms with van der Waals surface area (Å²) < 4.78 is 11.1. The van der Waals surface area contributed by atoms with Crippen molar-refractivity contribution >= 4 is 6.09 Å². The highest BCUT2D eigenvalue weighted by atomic mass is 16.6. The number of rotatable bonds is 1. The van der Waals surface area contributed by atoms with E-state index in [-0.39, 0.29) is 18.2 Å². The van der Waals surface area contributed by atoms with Gasteiger partial charge >= 0.3 is 6.09 Å². The second-order valence-electron chi connectivity index (χ2n) is 5.92. The van der Waals surface area contributed by atoms with Crippen LogP contribution in [0.5, 0.6) is 0 Å². The minimum atomic E-state index is -0.675. The van der Waals surface area contributed by atoms with Crippen LogP contribution in [0, 0.1) is 0 Å². The highest BCUT2D eigenvalue weighted by molar-refractivity contribution is 5.70. The van der Waals surface area contributed by atoms with E-state index in [0.29, 0.717) is 6.54 Å². The van der Waals surface area contributed by atoms with Crippen LogP contribution >= 0.6 is 0 Å². The molecule has 0 aromatic heterocycles. The van der Waals surface area contributed by atoms with Gasteiger partial charge in [0.1, 0.15) is 11.3 Å². The predicted molar refractivity (Wildman–Crippen MR) is 65.5 cm³/mol. The molecule has 1 rings (SSSR count). The summed E-state index contributed by atoms with van der Waals surface area (Å²) in [4.78, 5) is 13.8. The fraction of sp³-hybridized carbons (Fsp3) is 0.917. The van der Waals surface area contributed by atoms with Gasteiger partial charge in [0.25, 0.3) is 0 Å². The second-order valence-corrected chi connectivity index (χ2v) is 5.92. The topological polar surface area (TPSA) is 64.8 Å². The molecule has 17 heavy (non-hydrogen) atoms. The van der Waals surface area contributed by atoms with Gasteiger partial charge in [-0.05, 0) is 41.5 Å². The van der Waals surface area contributed by atoms with Gasteiger partial charge in [0.15, 0.2) is 0 Å². The van der Waals surface area contributed by atoms with Crippen LogP contribution in [0.2, 0.25) is 0 Å². The van der Waals surface area contributed by atoms with Crippen molar-refractivity contribution < 1.29 is 14.3 Å². The van der Waals surface area contributed by atoms with Crippen molar-refractivity contribution in [2.24, 2.45) is 5.73 Å². The molecule has 1 aliphatic heterocycles. The molecule has 5 heteroatoms. The number of hydrogen-bond donors (Lipinski definition) is 1. The third-order valence-corrected chi connectivity index (χ3v) is 2.76. The summed E-state index contributed by atoms with van der Waals surface area (Å²) in [5, 5.41) is 0. The molecule has 1 fully saturated rings. The Morgan fingerprint density at radius 3 is 2.41 bits per heavy atom. The molecule has 0 aromatic carbocycles. The largest absolute Gasteiger partial charge is 0.444 e. The van der Waals surface area contributed by atoms with Crippen molar-refractivity contribution in [1.82, 2.24) is 4.90 Å². The Labute approximate surface area is 103 Å². The van der Waals surface area contributed by atoms with Crippen LogP contribution < -0.4 is 5.73 Å². The van der Waals surface area contributed by atoms with E-state index in [1.807, 2.05) is 41.5 Å². The van der Waals surface area contributed by atoms with E-state index in [1.165, 1.54) is 0 Å². The molecule has 0 bridgehead atoms. The zero-order chi connectivity index (χ0) is 13.4. The summed E-state index contributed by atoms with van der Waals surface area (Å²) in [5.74, 6) is 0. The quantitative estimate of drug-likeness (QED) is 0.762. The monoisotopic (exact) mass is 244 g/mol. The number of carbonyl (C=O) groups is 1. The molecule has 5 nitrogen and oxygen atoms in total. The third-order valence-electron chi connectivity index (χ3n) is 2.76. The maximum Gasteiger partial charge on any atom is 0.412 e. The molecule has 0 radical (unpaired) electrons. The average molecular weight is 244 g/mol. The molecule has 0 aliphatic carbocycles. The Hall–Kier alpha value is -0.810. The SMILES string of the molecule is C[C@H]1OC(C)(C)N(C(=O)OC(C)(C)C)[C@@H]1CN. The molecule has 1 amide bonds. The van der Waals surface area contributed by atoms with Crippen molar-refractivity contribution in [1.29, 1.82) is 0 Å². The van der Waals surface area contributed by atoms with Gasteiger partial charge in [0, 0.05) is 6.54 Å². The van der Waals surface area contributed by atoms with E-state index in [0.717, 1.165) is 0 Å². The molecule has 1 aliphatic rings. The van der Waals surface area contributed by atoms with Gasteiger partial charge in [-0.25, -0.2) is 4.79 Å². The highest BCUT2D eigenvalue weighted by Gasteiger charge is 2.48. The van der Waals surface area contributed by atoms with Crippen LogP contribution in [0.25, 0.3) is 0 Å². The number of nitrogens with zero attached hydrogens (tertiary/aromatic N) is 1. The fourth-order valence-corrected chi connectivity index (χ4v) is 2.16. The predicted octanol–water partition coefficient (Wildman–Crippen LogP) is 1.71. The number of hydrogen-bond acceptors (Lipinski definition) is 4. The molecule has 100 valence electrons. The minimum Gasteiger partial charge on any atom is -0.444 e. The van der Waals surface area contributed by atoms with Crippen molar-refractivity contribution in [3.8, 4) is 0 Å². The van der Waals surface area contributed by atoms with Crippen molar-refractivity contribution in [2.75, 3.05) is 6.54 Å². The van der Waals surface area contributed by atoms with Crippen LogP contribution in [0.1, 0.15) is 41.5 Å². The maximum atomic E-state index is 12.2. The average Bonchev–Trinajstić information content (AvgIpc) is 2.31. The Morgan fingerprint density at radius 1 is 1.47 bits per heavy atom. The number of ether oxygens (including phenoxy) is 2. The molecular formula is C12H24N2O3. The van der Waals surface area contributed by atoms with Gasteiger partial charge in [0.05, 0.1) is 12.1 Å². The Kier molecular flexibility index (Phi) is 3.74. The Morgan fingerprint density at radius 2 is 2.00 bits per heavy atom. The lowest BCUT2D eigenvalue weighted by Gasteiger charge is -2.34. The minimum absolute atomic E-state index is 0.0810. The molecule has 2 N–H and O–H groups in total. The summed E-state index contributed by atoms with van der Waals surface area (Å²) in [6, 6.07) is -0.139. The molecule has 1 heterocycles. The van der Waals surface area contributed by atoms with Gasteiger partial charge in [-0.15, -0.1) is 0 Å². The van der Waals surface area contributed by atoms with E-state index in [2.05, 4.69) is 0 Å². The summed E-state index contributed by atoms with van der Waals surface area (Å²) in [5.41, 5.74) is 4.52. The van der Waals surface area contributed by atoms with Crippen LogP contribution in [0.15, 0.2) is 0 Å². The third kappa shape index (κ3) is 3.10. The van der Waals surface area contributed by atoms with E-state index in [4.69, 9.17) is 15.2 Å². The standard InChI is InChI=1S/C12H24N2O3/c1-8-9(7-13)14(12(5,6)16-8)10(15)17-11(2,3)4/h8-9H,7,13H2,1-6H3/t8-,9-/m1/s1. The highest BCUT2D eigenvalue weighted by Crippen LogP contribution is 2.32. The van der Waals surface area contributed by atoms with Crippen LogP contribution in [0.4, 0.5) is 4.79 Å². The van der Waals surface area contributed by atoms with Gasteiger partial charge < -0.3 is 15.2 Å². The molecule has 0 aromatic rings. The molecule has 0 unspecified atom stereocenters. The summed E-state index contributed by atoms with van der Waals surface area (Å²) in [6.07, 6.45) is -0.454. The van der Waals surface area contributed by atoms with Gasteiger partial charge in [-0.2, -0.15) is 0 Å². The molecule has 0 spiro atoms. The van der Waals surface area contributed by atoms with E-state index in [9.17, 15) is 4.79 Å². The molecule has 0 saturated carbocycles. The van der Waals surface area contributed by atoms with Gasteiger partial charge in [-0.1, -0.05) is 0 Å². The summed E-state index contributed by atoms with van der Waals surface area (Å²) in [6.45, 7) is 11.5. The van der Waals surface area contributed by atoms with Crippen LogP contribution in [0.3, 0.4) is 0 Å². The first-order valence-electron chi connectivity index (χ1n) is 5.98. The Balaban J connectivity index is 2.89. The fourth-order valence-electron chi connectivity index (χ4n) is 2.16. The van der Waals surface area contributed by atoms with Crippen molar-refractivity contribution in [3.63, 3.8) is 0 Å². The van der Waals surface area contributed by atoms with Gasteiger partial charge in [0.2, 0.25) is 0 Å². The zero-order valence-corrected chi connectivity index (χ0v) is 11.6. The maximum absolute atomic E-state index is 12.2. The zero-order valence-electron chi connectivity index (χ0n) is 11.6. The molecule has 2 atom stereocenters. The first-order chi connectivity index (χ1) is 7.58. The number of nitrogens with two attached hydrogens (primary N) is 1. The van der Waals surface area contributed by atoms with Crippen molar-refractivity contribution in [2.45, 2.75) is 65.0 Å². The van der Waals surface area contributed by atoms with Crippen molar-refractivity contribution in [3.05, 3.63) is 0 Å². The first kappa shape index (κ1) is 14.3. The summed E-state index contributed by atoms with van der Waals surface area (Å²) in [7, 11) is 0. The number of carbonyl (C=O) groups excluding carboxylic acids is 1. The molecule has 1 saturated heterocycles. The number of amides is 1. The lowest BCUT2D eigenvalue weighted by Crippen LogP contribution is -2.52. The van der Waals surface area contributed by atoms with E-state index < -0.39 is 11.3 Å². The second kappa shape index (κ2) is 4.46. The van der Waals surface area contributed by atoms with Crippen LogP contribution in [-0.2, 0) is 9.47 Å². The Bertz CT molecular complexity index is 297. The lowest BCUT2D eigenvalue weighted by molar-refractivity contribution is -0.0755. The lowest BCUT2D eigenvalue weighted by atomic mass is 10.1. The normalized spacial score (nSPS) is 28.3. The smallest absolute Gasteiger partial charge is 0.412 e. The summed E-state index contributed by atoms with van der Waals surface area (Å²) >= 11 is 0. The van der Waals surface area contributed by atoms with Gasteiger partial charge in [-0.3, -0.25) is 4.90 Å². The van der Waals surface area contributed by atoms with E-state index >= 15 is 0 Å². The first-order valence-corrected chi connectivity index (χ1v) is 5.98.